The minimum absolute atomic E-state index is 0.226. The van der Waals surface area contributed by atoms with Crippen LogP contribution in [0.25, 0.3) is 0 Å². The second kappa shape index (κ2) is 4.73. The third kappa shape index (κ3) is 2.47. The first-order valence-electron chi connectivity index (χ1n) is 5.08. The van der Waals surface area contributed by atoms with Crippen LogP contribution in [-0.2, 0) is 18.3 Å². The highest BCUT2D eigenvalue weighted by Crippen LogP contribution is 2.14. The molecule has 0 spiro atoms. The molecule has 2 aromatic heterocycles. The fourth-order valence-electron chi connectivity index (χ4n) is 1.46. The summed E-state index contributed by atoms with van der Waals surface area (Å²) in [4.78, 5) is 11.4. The van der Waals surface area contributed by atoms with Crippen LogP contribution in [0.3, 0.4) is 0 Å². The van der Waals surface area contributed by atoms with E-state index in [2.05, 4.69) is 15.2 Å². The molecule has 0 aliphatic heterocycles. The molecule has 0 aliphatic carbocycles. The van der Waals surface area contributed by atoms with Crippen LogP contribution in [0.2, 0.25) is 0 Å². The molecule has 6 nitrogen and oxygen atoms in total. The van der Waals surface area contributed by atoms with Crippen molar-refractivity contribution in [1.29, 1.82) is 0 Å². The number of aromatic nitrogens is 2. The molecule has 0 aliphatic rings. The van der Waals surface area contributed by atoms with Crippen molar-refractivity contribution in [3.63, 3.8) is 0 Å². The molecule has 0 aromatic carbocycles. The van der Waals surface area contributed by atoms with Crippen molar-refractivity contribution in [2.45, 2.75) is 6.54 Å². The van der Waals surface area contributed by atoms with E-state index in [9.17, 15) is 4.79 Å². The first kappa shape index (κ1) is 11.3. The molecule has 0 saturated heterocycles. The highest BCUT2D eigenvalue weighted by atomic mass is 16.5. The minimum atomic E-state index is -0.474. The number of anilines is 1. The number of hydrogen-bond donors (Lipinski definition) is 1. The lowest BCUT2D eigenvalue weighted by atomic mass is 10.2. The summed E-state index contributed by atoms with van der Waals surface area (Å²) in [5, 5.41) is 7.17. The molecule has 2 heterocycles. The maximum absolute atomic E-state index is 11.4. The van der Waals surface area contributed by atoms with Crippen LogP contribution in [0.4, 0.5) is 5.69 Å². The number of nitrogens with one attached hydrogen (secondary N) is 1. The number of hydrogen-bond acceptors (Lipinski definition) is 5. The van der Waals surface area contributed by atoms with Crippen LogP contribution in [0.5, 0.6) is 0 Å². The van der Waals surface area contributed by atoms with Gasteiger partial charge in [-0.15, -0.1) is 0 Å². The Kier molecular flexibility index (Phi) is 3.13. The van der Waals surface area contributed by atoms with Crippen molar-refractivity contribution in [2.24, 2.45) is 7.05 Å². The highest BCUT2D eigenvalue weighted by Gasteiger charge is 2.15. The zero-order chi connectivity index (χ0) is 12.3. The third-order valence-corrected chi connectivity index (χ3v) is 2.31. The van der Waals surface area contributed by atoms with E-state index in [-0.39, 0.29) is 5.76 Å². The molecule has 6 heteroatoms. The average molecular weight is 235 g/mol. The minimum Gasteiger partial charge on any atom is -0.463 e. The fraction of sp³-hybridized carbons (Fsp3) is 0.273. The predicted octanol–water partition coefficient (Wildman–Crippen LogP) is 1.41. The number of esters is 1. The van der Waals surface area contributed by atoms with Crippen LogP contribution in [-0.4, -0.2) is 22.9 Å². The SMILES string of the molecule is COC(=O)c1occc1CNc1cnn(C)c1. The molecule has 90 valence electrons. The lowest BCUT2D eigenvalue weighted by molar-refractivity contribution is 0.0563. The molecule has 1 N–H and O–H groups in total. The largest absolute Gasteiger partial charge is 0.463 e. The summed E-state index contributed by atoms with van der Waals surface area (Å²) in [6.07, 6.45) is 5.02. The van der Waals surface area contributed by atoms with Gasteiger partial charge in [0, 0.05) is 25.4 Å². The van der Waals surface area contributed by atoms with Gasteiger partial charge in [-0.05, 0) is 6.07 Å². The van der Waals surface area contributed by atoms with Gasteiger partial charge in [0.25, 0.3) is 0 Å². The first-order valence-corrected chi connectivity index (χ1v) is 5.08. The average Bonchev–Trinajstić information content (AvgIpc) is 2.94. The third-order valence-electron chi connectivity index (χ3n) is 2.31. The van der Waals surface area contributed by atoms with Gasteiger partial charge in [0.2, 0.25) is 5.76 Å². The Hall–Kier alpha value is -2.24. The lowest BCUT2D eigenvalue weighted by Crippen LogP contribution is -2.06. The Morgan fingerprint density at radius 1 is 1.65 bits per heavy atom. The van der Waals surface area contributed by atoms with Gasteiger partial charge in [0.15, 0.2) is 0 Å². The second-order valence-corrected chi connectivity index (χ2v) is 3.52. The van der Waals surface area contributed by atoms with Crippen LogP contribution < -0.4 is 5.32 Å². The number of carbonyl (C=O) groups excluding carboxylic acids is 1. The normalized spacial score (nSPS) is 10.2. The van der Waals surface area contributed by atoms with Gasteiger partial charge >= 0.3 is 5.97 Å². The van der Waals surface area contributed by atoms with Crippen molar-refractivity contribution in [1.82, 2.24) is 9.78 Å². The summed E-state index contributed by atoms with van der Waals surface area (Å²) >= 11 is 0. The van der Waals surface area contributed by atoms with E-state index in [4.69, 9.17) is 4.42 Å². The van der Waals surface area contributed by atoms with E-state index in [1.165, 1.54) is 13.4 Å². The maximum atomic E-state index is 11.4. The highest BCUT2D eigenvalue weighted by molar-refractivity contribution is 5.87. The Labute approximate surface area is 98.2 Å². The number of rotatable bonds is 4. The van der Waals surface area contributed by atoms with Gasteiger partial charge in [-0.3, -0.25) is 4.68 Å². The van der Waals surface area contributed by atoms with Gasteiger partial charge in [0.1, 0.15) is 0 Å². The van der Waals surface area contributed by atoms with Gasteiger partial charge < -0.3 is 14.5 Å². The van der Waals surface area contributed by atoms with E-state index >= 15 is 0 Å². The molecule has 0 amide bonds. The molecule has 0 radical (unpaired) electrons. The molecule has 0 fully saturated rings. The zero-order valence-corrected chi connectivity index (χ0v) is 9.64. The van der Waals surface area contributed by atoms with Gasteiger partial charge in [-0.1, -0.05) is 0 Å². The maximum Gasteiger partial charge on any atom is 0.374 e. The first-order chi connectivity index (χ1) is 8.20. The summed E-state index contributed by atoms with van der Waals surface area (Å²) in [7, 11) is 3.16. The van der Waals surface area contributed by atoms with Crippen molar-refractivity contribution in [2.75, 3.05) is 12.4 Å². The molecule has 0 bridgehead atoms. The molecule has 2 aromatic rings. The quantitative estimate of drug-likeness (QED) is 0.811. The smallest absolute Gasteiger partial charge is 0.374 e. The summed E-state index contributed by atoms with van der Waals surface area (Å²) in [5.41, 5.74) is 1.63. The van der Waals surface area contributed by atoms with Crippen LogP contribution in [0, 0.1) is 0 Å². The number of furan rings is 1. The summed E-state index contributed by atoms with van der Waals surface area (Å²) in [6.45, 7) is 0.479. The molecule has 0 saturated carbocycles. The van der Waals surface area contributed by atoms with Gasteiger partial charge in [-0.2, -0.15) is 5.10 Å². The number of nitrogens with zero attached hydrogens (tertiary/aromatic N) is 2. The van der Waals surface area contributed by atoms with Crippen LogP contribution in [0.15, 0.2) is 29.1 Å². The van der Waals surface area contributed by atoms with E-state index in [0.717, 1.165) is 11.3 Å². The van der Waals surface area contributed by atoms with Crippen LogP contribution >= 0.6 is 0 Å². The molecular formula is C11H13N3O3. The standard InChI is InChI=1S/C11H13N3O3/c1-14-7-9(6-13-14)12-5-8-3-4-17-10(8)11(15)16-2/h3-4,6-7,12H,5H2,1-2H3. The number of ether oxygens (including phenoxy) is 1. The van der Waals surface area contributed by atoms with E-state index < -0.39 is 5.97 Å². The van der Waals surface area contributed by atoms with E-state index in [1.807, 2.05) is 13.2 Å². The number of methoxy groups -OCH3 is 1. The van der Waals surface area contributed by atoms with Gasteiger partial charge in [-0.25, -0.2) is 4.79 Å². The van der Waals surface area contributed by atoms with Crippen molar-refractivity contribution in [3.05, 3.63) is 36.0 Å². The number of aryl methyl sites for hydroxylation is 1. The molecule has 0 unspecified atom stereocenters. The fourth-order valence-corrected chi connectivity index (χ4v) is 1.46. The summed E-state index contributed by atoms with van der Waals surface area (Å²) in [6, 6.07) is 1.73. The Morgan fingerprint density at radius 3 is 3.12 bits per heavy atom. The monoisotopic (exact) mass is 235 g/mol. The van der Waals surface area contributed by atoms with Crippen molar-refractivity contribution in [3.8, 4) is 0 Å². The molecule has 2 rings (SSSR count). The Morgan fingerprint density at radius 2 is 2.47 bits per heavy atom. The predicted molar refractivity (Wildman–Crippen MR) is 60.6 cm³/mol. The molecule has 0 atom stereocenters. The molecular weight excluding hydrogens is 222 g/mol. The zero-order valence-electron chi connectivity index (χ0n) is 9.64. The second-order valence-electron chi connectivity index (χ2n) is 3.52. The number of carbonyl (C=O) groups is 1. The topological polar surface area (TPSA) is 69.3 Å². The van der Waals surface area contributed by atoms with Crippen molar-refractivity contribution < 1.29 is 13.9 Å². The van der Waals surface area contributed by atoms with Gasteiger partial charge in [0.05, 0.1) is 25.3 Å². The van der Waals surface area contributed by atoms with E-state index in [1.54, 1.807) is 16.9 Å². The summed E-state index contributed by atoms with van der Waals surface area (Å²) < 4.78 is 11.4. The van der Waals surface area contributed by atoms with Crippen molar-refractivity contribution >= 4 is 11.7 Å². The Bertz CT molecular complexity index is 516. The Balaban J connectivity index is 2.04. The lowest BCUT2D eigenvalue weighted by Gasteiger charge is -2.02. The van der Waals surface area contributed by atoms with Crippen LogP contribution in [0.1, 0.15) is 16.1 Å². The van der Waals surface area contributed by atoms with E-state index in [0.29, 0.717) is 6.54 Å². The molecule has 17 heavy (non-hydrogen) atoms. The summed E-state index contributed by atoms with van der Waals surface area (Å²) in [5.74, 6) is -0.248.